The van der Waals surface area contributed by atoms with E-state index in [0.29, 0.717) is 6.04 Å². The Balaban J connectivity index is 1.84. The van der Waals surface area contributed by atoms with Crippen LogP contribution in [0.5, 0.6) is 0 Å². The second kappa shape index (κ2) is 6.51. The maximum atomic E-state index is 5.34. The first-order chi connectivity index (χ1) is 8.25. The van der Waals surface area contributed by atoms with Crippen LogP contribution in [0.4, 0.5) is 5.82 Å². The van der Waals surface area contributed by atoms with Crippen molar-refractivity contribution in [2.45, 2.75) is 13.0 Å². The summed E-state index contributed by atoms with van der Waals surface area (Å²) in [5, 5.41) is 3.46. The van der Waals surface area contributed by atoms with E-state index in [-0.39, 0.29) is 0 Å². The van der Waals surface area contributed by atoms with Crippen LogP contribution in [0.2, 0.25) is 0 Å². The number of halogens is 1. The first-order valence-corrected chi connectivity index (χ1v) is 7.01. The number of morpholine rings is 1. The maximum Gasteiger partial charge on any atom is 0.139 e. The van der Waals surface area contributed by atoms with Gasteiger partial charge in [-0.2, -0.15) is 0 Å². The third kappa shape index (κ3) is 4.08. The molecule has 4 nitrogen and oxygen atoms in total. The number of aromatic nitrogens is 1. The third-order valence-corrected chi connectivity index (χ3v) is 3.65. The second-order valence-corrected chi connectivity index (χ2v) is 5.45. The number of anilines is 1. The molecule has 0 radical (unpaired) electrons. The molecule has 94 valence electrons. The molecule has 1 aliphatic rings. The van der Waals surface area contributed by atoms with Gasteiger partial charge in [-0.15, -0.1) is 0 Å². The van der Waals surface area contributed by atoms with Gasteiger partial charge in [-0.05, 0) is 41.6 Å². The molecule has 1 aromatic rings. The average Bonchev–Trinajstić information content (AvgIpc) is 2.33. The van der Waals surface area contributed by atoms with Crippen molar-refractivity contribution in [1.82, 2.24) is 9.88 Å². The van der Waals surface area contributed by atoms with Crippen molar-refractivity contribution in [3.05, 3.63) is 21.9 Å². The molecule has 5 heteroatoms. The van der Waals surface area contributed by atoms with Gasteiger partial charge in [0.2, 0.25) is 0 Å². The highest BCUT2D eigenvalue weighted by Gasteiger charge is 2.14. The molecule has 0 spiro atoms. The molecule has 2 heterocycles. The molecule has 1 aliphatic heterocycles. The van der Waals surface area contributed by atoms with Gasteiger partial charge in [0, 0.05) is 31.9 Å². The van der Waals surface area contributed by atoms with Crippen molar-refractivity contribution >= 4 is 28.4 Å². The van der Waals surface area contributed by atoms with Crippen molar-refractivity contribution in [2.75, 3.05) is 38.2 Å². The summed E-state index contributed by atoms with van der Waals surface area (Å²) >= 11 is 2.31. The van der Waals surface area contributed by atoms with Crippen molar-refractivity contribution < 1.29 is 4.74 Å². The number of ether oxygens (including phenoxy) is 1. The highest BCUT2D eigenvalue weighted by atomic mass is 127. The molecule has 0 unspecified atom stereocenters. The maximum absolute atomic E-state index is 5.34. The molecule has 0 bridgehead atoms. The molecule has 2 rings (SSSR count). The minimum atomic E-state index is 0.400. The van der Waals surface area contributed by atoms with Crippen LogP contribution >= 0.6 is 22.6 Å². The Hall–Kier alpha value is -0.400. The summed E-state index contributed by atoms with van der Waals surface area (Å²) in [5.41, 5.74) is 0. The summed E-state index contributed by atoms with van der Waals surface area (Å²) in [7, 11) is 0. The first-order valence-electron chi connectivity index (χ1n) is 5.93. The fourth-order valence-corrected chi connectivity index (χ4v) is 2.44. The Kier molecular flexibility index (Phi) is 4.99. The lowest BCUT2D eigenvalue weighted by molar-refractivity contribution is 0.0368. The fraction of sp³-hybridized carbons (Fsp3) is 0.583. The van der Waals surface area contributed by atoms with Gasteiger partial charge in [0.05, 0.1) is 16.8 Å². The standard InChI is InChI=1S/C12H18IN3O/c1-10(9-16-5-7-17-8-6-16)15-12-11(13)3-2-4-14-12/h2-4,10H,5-9H2,1H3,(H,14,15)/t10-/m0/s1. The van der Waals surface area contributed by atoms with E-state index in [0.717, 1.165) is 38.7 Å². The van der Waals surface area contributed by atoms with Gasteiger partial charge >= 0.3 is 0 Å². The summed E-state index contributed by atoms with van der Waals surface area (Å²) in [5.74, 6) is 0.980. The average molecular weight is 347 g/mol. The molecule has 1 aromatic heterocycles. The van der Waals surface area contributed by atoms with E-state index in [2.05, 4.69) is 50.8 Å². The molecule has 1 N–H and O–H groups in total. The van der Waals surface area contributed by atoms with Gasteiger partial charge < -0.3 is 10.1 Å². The van der Waals surface area contributed by atoms with Crippen LogP contribution < -0.4 is 5.32 Å². The SMILES string of the molecule is C[C@@H](CN1CCOCC1)Nc1ncccc1I. The number of hydrogen-bond acceptors (Lipinski definition) is 4. The number of rotatable bonds is 4. The third-order valence-electron chi connectivity index (χ3n) is 2.78. The van der Waals surface area contributed by atoms with Crippen molar-refractivity contribution in [2.24, 2.45) is 0 Å². The Bertz CT molecular complexity index is 355. The lowest BCUT2D eigenvalue weighted by atomic mass is 10.3. The zero-order valence-corrected chi connectivity index (χ0v) is 12.2. The first kappa shape index (κ1) is 13.0. The zero-order valence-electron chi connectivity index (χ0n) is 10.0. The van der Waals surface area contributed by atoms with Crippen LogP contribution in [-0.4, -0.2) is 48.8 Å². The predicted octanol–water partition coefficient (Wildman–Crippen LogP) is 1.82. The van der Waals surface area contributed by atoms with E-state index in [4.69, 9.17) is 4.74 Å². The largest absolute Gasteiger partial charge is 0.379 e. The van der Waals surface area contributed by atoms with Crippen molar-refractivity contribution in [3.8, 4) is 0 Å². The van der Waals surface area contributed by atoms with Gasteiger partial charge in [0.25, 0.3) is 0 Å². The topological polar surface area (TPSA) is 37.4 Å². The Morgan fingerprint density at radius 2 is 2.29 bits per heavy atom. The molecular weight excluding hydrogens is 329 g/mol. The van der Waals surface area contributed by atoms with Gasteiger partial charge in [0.15, 0.2) is 0 Å². The molecule has 1 saturated heterocycles. The van der Waals surface area contributed by atoms with Crippen LogP contribution in [0.1, 0.15) is 6.92 Å². The normalized spacial score (nSPS) is 18.9. The molecule has 0 saturated carbocycles. The molecule has 17 heavy (non-hydrogen) atoms. The highest BCUT2D eigenvalue weighted by Crippen LogP contribution is 2.15. The number of hydrogen-bond donors (Lipinski definition) is 1. The van der Waals surface area contributed by atoms with E-state index in [9.17, 15) is 0 Å². The molecule has 0 aromatic carbocycles. The van der Waals surface area contributed by atoms with Gasteiger partial charge in [-0.1, -0.05) is 0 Å². The minimum Gasteiger partial charge on any atom is -0.379 e. The van der Waals surface area contributed by atoms with Crippen molar-refractivity contribution in [3.63, 3.8) is 0 Å². The second-order valence-electron chi connectivity index (χ2n) is 4.29. The smallest absolute Gasteiger partial charge is 0.139 e. The van der Waals surface area contributed by atoms with E-state index in [1.165, 1.54) is 3.57 Å². The van der Waals surface area contributed by atoms with E-state index >= 15 is 0 Å². The zero-order chi connectivity index (χ0) is 12.1. The summed E-state index contributed by atoms with van der Waals surface area (Å²) in [6.07, 6.45) is 1.83. The van der Waals surface area contributed by atoms with Gasteiger partial charge in [0.1, 0.15) is 5.82 Å². The summed E-state index contributed by atoms with van der Waals surface area (Å²) in [4.78, 5) is 6.78. The van der Waals surface area contributed by atoms with Crippen LogP contribution in [-0.2, 0) is 4.74 Å². The van der Waals surface area contributed by atoms with E-state index in [1.807, 2.05) is 12.3 Å². The van der Waals surface area contributed by atoms with Crippen molar-refractivity contribution in [1.29, 1.82) is 0 Å². The molecule has 1 atom stereocenters. The monoisotopic (exact) mass is 347 g/mol. The Morgan fingerprint density at radius 1 is 1.53 bits per heavy atom. The minimum absolute atomic E-state index is 0.400. The Morgan fingerprint density at radius 3 is 3.00 bits per heavy atom. The quantitative estimate of drug-likeness (QED) is 0.844. The number of nitrogens with zero attached hydrogens (tertiary/aromatic N) is 2. The predicted molar refractivity (Wildman–Crippen MR) is 77.3 cm³/mol. The summed E-state index contributed by atoms with van der Waals surface area (Å²) in [6.45, 7) is 7.01. The van der Waals surface area contributed by atoms with E-state index in [1.54, 1.807) is 0 Å². The lowest BCUT2D eigenvalue weighted by Crippen LogP contribution is -2.42. The molecule has 0 aliphatic carbocycles. The molecule has 1 fully saturated rings. The van der Waals surface area contributed by atoms with E-state index < -0.39 is 0 Å². The Labute approximate surface area is 116 Å². The van der Waals surface area contributed by atoms with Crippen LogP contribution in [0, 0.1) is 3.57 Å². The highest BCUT2D eigenvalue weighted by molar-refractivity contribution is 14.1. The van der Waals surface area contributed by atoms with Gasteiger partial charge in [-0.25, -0.2) is 4.98 Å². The van der Waals surface area contributed by atoms with Crippen LogP contribution in [0.15, 0.2) is 18.3 Å². The molecular formula is C12H18IN3O. The fourth-order valence-electron chi connectivity index (χ4n) is 1.94. The lowest BCUT2D eigenvalue weighted by Gasteiger charge is -2.29. The van der Waals surface area contributed by atoms with Gasteiger partial charge in [-0.3, -0.25) is 4.90 Å². The van der Waals surface area contributed by atoms with Crippen LogP contribution in [0.25, 0.3) is 0 Å². The number of nitrogens with one attached hydrogen (secondary N) is 1. The van der Waals surface area contributed by atoms with Crippen LogP contribution in [0.3, 0.4) is 0 Å². The summed E-state index contributed by atoms with van der Waals surface area (Å²) < 4.78 is 6.51. The number of pyridine rings is 1. The molecule has 0 amide bonds. The summed E-state index contributed by atoms with van der Waals surface area (Å²) in [6, 6.07) is 4.42.